The number of rotatable bonds is 8. The average molecular weight is 590 g/mol. The molecule has 4 rings (SSSR count). The van der Waals surface area contributed by atoms with Gasteiger partial charge in [-0.15, -0.1) is 0 Å². The van der Waals surface area contributed by atoms with Crippen molar-refractivity contribution in [2.75, 3.05) is 13.2 Å². The molecule has 0 atom stereocenters. The summed E-state index contributed by atoms with van der Waals surface area (Å²) in [4.78, 5) is 0. The van der Waals surface area contributed by atoms with E-state index < -0.39 is 64.3 Å². The van der Waals surface area contributed by atoms with E-state index in [2.05, 4.69) is 4.74 Å². The van der Waals surface area contributed by atoms with Gasteiger partial charge in [0.2, 0.25) is 0 Å². The van der Waals surface area contributed by atoms with Crippen LogP contribution in [0.15, 0.2) is 60.7 Å². The summed E-state index contributed by atoms with van der Waals surface area (Å²) in [5, 5.41) is 0. The maximum absolute atomic E-state index is 14.9. The Kier molecular flexibility index (Phi) is 9.03. The molecule has 12 heteroatoms. The maximum Gasteiger partial charge on any atom is 0.432 e. The highest BCUT2D eigenvalue weighted by Gasteiger charge is 2.42. The number of hydrogen-bond donors (Lipinski definition) is 0. The topological polar surface area (TPSA) is 27.7 Å². The summed E-state index contributed by atoms with van der Waals surface area (Å²) in [6.07, 6.45) is -5.19. The van der Waals surface area contributed by atoms with Crippen molar-refractivity contribution in [3.8, 4) is 16.9 Å². The molecule has 0 N–H and O–H groups in total. The highest BCUT2D eigenvalue weighted by atomic mass is 19.4. The normalized spacial score (nSPS) is 18.2. The SMILES string of the molecule is C/C=C/CCC1COC(c2cc(F)c(C(F)(F)Oc3cc(F)c(-c4ccc(C(F)(F)F)cc4)c(F)c3)c(F)c2)OC1. The van der Waals surface area contributed by atoms with Gasteiger partial charge in [0, 0.05) is 23.6 Å². The molecule has 3 nitrogen and oxygen atoms in total. The fourth-order valence-corrected chi connectivity index (χ4v) is 4.32. The smallest absolute Gasteiger partial charge is 0.429 e. The molecule has 0 amide bonds. The van der Waals surface area contributed by atoms with Crippen molar-refractivity contribution >= 4 is 0 Å². The van der Waals surface area contributed by atoms with Gasteiger partial charge in [-0.05, 0) is 49.6 Å². The molecule has 220 valence electrons. The van der Waals surface area contributed by atoms with Gasteiger partial charge in [0.1, 0.15) is 34.6 Å². The van der Waals surface area contributed by atoms with Crippen LogP contribution in [0.4, 0.5) is 39.5 Å². The lowest BCUT2D eigenvalue weighted by atomic mass is 10.0. The largest absolute Gasteiger partial charge is 0.432 e. The van der Waals surface area contributed by atoms with Crippen LogP contribution >= 0.6 is 0 Å². The molecule has 0 aliphatic carbocycles. The maximum atomic E-state index is 14.9. The molecule has 0 spiro atoms. The van der Waals surface area contributed by atoms with Crippen LogP contribution < -0.4 is 4.74 Å². The van der Waals surface area contributed by atoms with E-state index in [1.54, 1.807) is 0 Å². The van der Waals surface area contributed by atoms with Gasteiger partial charge in [-0.3, -0.25) is 0 Å². The Morgan fingerprint density at radius 2 is 1.39 bits per heavy atom. The first kappa shape index (κ1) is 30.4. The number of halogens is 9. The lowest BCUT2D eigenvalue weighted by Gasteiger charge is -2.30. The molecule has 0 radical (unpaired) electrons. The number of ether oxygens (including phenoxy) is 3. The lowest BCUT2D eigenvalue weighted by Crippen LogP contribution is -2.28. The predicted octanol–water partition coefficient (Wildman–Crippen LogP) is 9.08. The minimum Gasteiger partial charge on any atom is -0.429 e. The first-order valence-electron chi connectivity index (χ1n) is 12.4. The van der Waals surface area contributed by atoms with Crippen LogP contribution in [-0.4, -0.2) is 13.2 Å². The second-order valence-electron chi connectivity index (χ2n) is 9.33. The molecule has 0 unspecified atom stereocenters. The predicted molar refractivity (Wildman–Crippen MR) is 130 cm³/mol. The van der Waals surface area contributed by atoms with Gasteiger partial charge in [-0.1, -0.05) is 24.3 Å². The number of hydrogen-bond acceptors (Lipinski definition) is 3. The molecule has 1 saturated heterocycles. The van der Waals surface area contributed by atoms with Crippen molar-refractivity contribution in [1.82, 2.24) is 0 Å². The summed E-state index contributed by atoms with van der Waals surface area (Å²) in [6, 6.07) is 4.62. The minimum absolute atomic E-state index is 0.0422. The summed E-state index contributed by atoms with van der Waals surface area (Å²) < 4.78 is 142. The monoisotopic (exact) mass is 590 g/mol. The summed E-state index contributed by atoms with van der Waals surface area (Å²) >= 11 is 0. The van der Waals surface area contributed by atoms with E-state index in [1.165, 1.54) is 0 Å². The van der Waals surface area contributed by atoms with Crippen LogP contribution in [0.25, 0.3) is 11.1 Å². The van der Waals surface area contributed by atoms with Gasteiger partial charge < -0.3 is 14.2 Å². The zero-order chi connectivity index (χ0) is 29.9. The Labute approximate surface area is 229 Å². The third-order valence-electron chi connectivity index (χ3n) is 6.33. The molecule has 1 aliphatic rings. The van der Waals surface area contributed by atoms with E-state index in [0.717, 1.165) is 25.0 Å². The summed E-state index contributed by atoms with van der Waals surface area (Å²) in [6.45, 7) is 2.34. The van der Waals surface area contributed by atoms with Gasteiger partial charge in [0.25, 0.3) is 0 Å². The Morgan fingerprint density at radius 1 is 0.829 bits per heavy atom. The summed E-state index contributed by atoms with van der Waals surface area (Å²) in [5.74, 6) is -7.42. The van der Waals surface area contributed by atoms with Crippen LogP contribution in [0.1, 0.15) is 42.7 Å². The van der Waals surface area contributed by atoms with Crippen molar-refractivity contribution in [2.24, 2.45) is 5.92 Å². The molecular weight excluding hydrogens is 567 g/mol. The van der Waals surface area contributed by atoms with E-state index in [9.17, 15) is 39.5 Å². The number of benzene rings is 3. The second-order valence-corrected chi connectivity index (χ2v) is 9.33. The molecule has 0 saturated carbocycles. The molecule has 1 heterocycles. The third kappa shape index (κ3) is 7.05. The molecule has 41 heavy (non-hydrogen) atoms. The van der Waals surface area contributed by atoms with Crippen LogP contribution in [-0.2, 0) is 21.8 Å². The van der Waals surface area contributed by atoms with Crippen molar-refractivity contribution in [3.63, 3.8) is 0 Å². The zero-order valence-electron chi connectivity index (χ0n) is 21.4. The number of alkyl halides is 5. The molecule has 0 bridgehead atoms. The van der Waals surface area contributed by atoms with E-state index in [0.29, 0.717) is 36.4 Å². The van der Waals surface area contributed by atoms with E-state index in [1.807, 2.05) is 19.1 Å². The van der Waals surface area contributed by atoms with E-state index in [-0.39, 0.29) is 30.3 Å². The molecule has 3 aromatic rings. The van der Waals surface area contributed by atoms with Crippen molar-refractivity contribution in [2.45, 2.75) is 38.3 Å². The summed E-state index contributed by atoms with van der Waals surface area (Å²) in [5.41, 5.74) is -4.19. The third-order valence-corrected chi connectivity index (χ3v) is 6.33. The first-order valence-corrected chi connectivity index (χ1v) is 12.4. The van der Waals surface area contributed by atoms with Crippen molar-refractivity contribution in [3.05, 3.63) is 101 Å². The second kappa shape index (κ2) is 12.2. The van der Waals surface area contributed by atoms with Crippen LogP contribution in [0, 0.1) is 29.2 Å². The van der Waals surface area contributed by atoms with E-state index in [4.69, 9.17) is 9.47 Å². The Bertz CT molecular complexity index is 1350. The Hall–Kier alpha value is -3.51. The highest BCUT2D eigenvalue weighted by molar-refractivity contribution is 5.66. The zero-order valence-corrected chi connectivity index (χ0v) is 21.4. The van der Waals surface area contributed by atoms with Crippen molar-refractivity contribution < 1.29 is 53.7 Å². The fraction of sp³-hybridized carbons (Fsp3) is 0.310. The molecule has 1 aliphatic heterocycles. The highest BCUT2D eigenvalue weighted by Crippen LogP contribution is 2.39. The first-order chi connectivity index (χ1) is 19.3. The van der Waals surface area contributed by atoms with E-state index >= 15 is 0 Å². The van der Waals surface area contributed by atoms with Crippen LogP contribution in [0.2, 0.25) is 0 Å². The molecule has 0 aromatic heterocycles. The van der Waals surface area contributed by atoms with Gasteiger partial charge in [-0.2, -0.15) is 22.0 Å². The average Bonchev–Trinajstić information content (AvgIpc) is 2.88. The Morgan fingerprint density at radius 3 is 1.90 bits per heavy atom. The molecule has 1 fully saturated rings. The van der Waals surface area contributed by atoms with Gasteiger partial charge in [0.05, 0.1) is 24.3 Å². The minimum atomic E-state index is -4.71. The lowest BCUT2D eigenvalue weighted by molar-refractivity contribution is -0.206. The summed E-state index contributed by atoms with van der Waals surface area (Å²) in [7, 11) is 0. The van der Waals surface area contributed by atoms with Crippen LogP contribution in [0.5, 0.6) is 5.75 Å². The van der Waals surface area contributed by atoms with Gasteiger partial charge in [-0.25, -0.2) is 17.6 Å². The Balaban J connectivity index is 1.51. The van der Waals surface area contributed by atoms with Crippen LogP contribution in [0.3, 0.4) is 0 Å². The standard InChI is InChI=1S/C29H23F9O3/c1-2-3-4-5-16-14-39-27(40-15-16)18-10-23(32)26(24(33)11-18)29(37,38)41-20-12-21(30)25(22(31)13-20)17-6-8-19(9-7-17)28(34,35)36/h2-3,6-13,16,27H,4-5,14-15H2,1H3/b3-2+. The van der Waals surface area contributed by atoms with Crippen molar-refractivity contribution in [1.29, 1.82) is 0 Å². The molecule has 3 aromatic carbocycles. The number of allylic oxidation sites excluding steroid dienone is 2. The quantitative estimate of drug-likeness (QED) is 0.194. The fourth-order valence-electron chi connectivity index (χ4n) is 4.32. The van der Waals surface area contributed by atoms with Gasteiger partial charge in [0.15, 0.2) is 6.29 Å². The van der Waals surface area contributed by atoms with Gasteiger partial charge >= 0.3 is 12.3 Å². The molecular formula is C29H23F9O3.